The monoisotopic (exact) mass is 610 g/mol. The standard InChI is InChI=1S/C33H32F2N8O2/c1-4-26(44)42-16-15-41(18-21(42)10-12-36)31-22-17-24(35)29-27-23(34)8-5-9-25(27)37-13-6-7-20-11-14-38-28(19(2)3)30(20)43(32(22)39-29)33(45)40-31/h4-5,8-9,11,14,17,19,21,37H,1,6-7,10,13,15-16,18H2,2-3H3/t21-/m0/s1. The number of nitrogens with one attached hydrogen (secondary N) is 1. The number of halogens is 2. The van der Waals surface area contributed by atoms with E-state index in [1.165, 1.54) is 22.8 Å². The summed E-state index contributed by atoms with van der Waals surface area (Å²) in [6.45, 7) is 8.68. The molecule has 2 bridgehead atoms. The van der Waals surface area contributed by atoms with Gasteiger partial charge in [0.05, 0.1) is 40.9 Å². The third-order valence-corrected chi connectivity index (χ3v) is 8.36. The number of hydrogen-bond acceptors (Lipinski definition) is 8. The number of benzene rings is 1. The number of aryl methyl sites for hydroxylation is 1. The fourth-order valence-electron chi connectivity index (χ4n) is 6.27. The number of aromatic nitrogens is 4. The number of anilines is 2. The Morgan fingerprint density at radius 1 is 1.22 bits per heavy atom. The van der Waals surface area contributed by atoms with Crippen molar-refractivity contribution in [2.75, 3.05) is 36.4 Å². The Balaban J connectivity index is 1.66. The summed E-state index contributed by atoms with van der Waals surface area (Å²) in [4.78, 5) is 43.9. The summed E-state index contributed by atoms with van der Waals surface area (Å²) in [5.74, 6) is -1.65. The number of piperazine rings is 1. The SMILES string of the molecule is C=CC(=O)N1CCN(c2nc(=O)n3c4nc(c(F)cc24)-c2c(F)cccc2NCCCc2ccnc(C(C)C)c2-3)C[C@@H]1CC#N. The molecule has 1 N–H and O–H groups in total. The van der Waals surface area contributed by atoms with E-state index in [-0.39, 0.29) is 66.0 Å². The summed E-state index contributed by atoms with van der Waals surface area (Å²) < 4.78 is 33.0. The molecule has 0 radical (unpaired) electrons. The molecule has 5 heterocycles. The topological polar surface area (TPSA) is 120 Å². The van der Waals surface area contributed by atoms with Gasteiger partial charge in [0, 0.05) is 38.1 Å². The van der Waals surface area contributed by atoms with Crippen molar-refractivity contribution in [1.29, 1.82) is 5.26 Å². The van der Waals surface area contributed by atoms with Crippen molar-refractivity contribution in [3.8, 4) is 23.0 Å². The number of pyridine rings is 2. The zero-order valence-corrected chi connectivity index (χ0v) is 25.1. The fourth-order valence-corrected chi connectivity index (χ4v) is 6.27. The van der Waals surface area contributed by atoms with Crippen LogP contribution in [0.3, 0.4) is 0 Å². The van der Waals surface area contributed by atoms with Gasteiger partial charge in [-0.1, -0.05) is 26.5 Å². The van der Waals surface area contributed by atoms with Crippen LogP contribution < -0.4 is 15.9 Å². The average molecular weight is 611 g/mol. The van der Waals surface area contributed by atoms with Gasteiger partial charge in [0.25, 0.3) is 0 Å². The predicted octanol–water partition coefficient (Wildman–Crippen LogP) is 4.72. The van der Waals surface area contributed by atoms with Crippen molar-refractivity contribution >= 4 is 28.4 Å². The zero-order valence-electron chi connectivity index (χ0n) is 25.1. The lowest BCUT2D eigenvalue weighted by molar-refractivity contribution is -0.128. The second-order valence-corrected chi connectivity index (χ2v) is 11.5. The summed E-state index contributed by atoms with van der Waals surface area (Å²) in [5.41, 5.74) is 1.62. The maximum absolute atomic E-state index is 16.2. The summed E-state index contributed by atoms with van der Waals surface area (Å²) in [5, 5.41) is 13.0. The van der Waals surface area contributed by atoms with Gasteiger partial charge in [0.1, 0.15) is 17.3 Å². The van der Waals surface area contributed by atoms with Crippen LogP contribution >= 0.6 is 0 Å². The number of rotatable bonds is 4. The van der Waals surface area contributed by atoms with Gasteiger partial charge in [-0.2, -0.15) is 10.2 Å². The summed E-state index contributed by atoms with van der Waals surface area (Å²) >= 11 is 0. The van der Waals surface area contributed by atoms with Crippen molar-refractivity contribution in [1.82, 2.24) is 24.4 Å². The first-order chi connectivity index (χ1) is 21.7. The number of carbonyl (C=O) groups is 1. The largest absolute Gasteiger partial charge is 0.384 e. The minimum atomic E-state index is -0.787. The Labute approximate surface area is 258 Å². The molecule has 0 aliphatic carbocycles. The molecule has 4 aromatic rings. The second kappa shape index (κ2) is 12.1. The van der Waals surface area contributed by atoms with Crippen molar-refractivity contribution in [3.63, 3.8) is 0 Å². The zero-order chi connectivity index (χ0) is 31.8. The highest BCUT2D eigenvalue weighted by Gasteiger charge is 2.33. The Morgan fingerprint density at radius 2 is 2.04 bits per heavy atom. The van der Waals surface area contributed by atoms with Crippen molar-refractivity contribution in [2.24, 2.45) is 0 Å². The average Bonchev–Trinajstić information content (AvgIpc) is 3.02. The van der Waals surface area contributed by atoms with Crippen LogP contribution in [0.5, 0.6) is 0 Å². The minimum absolute atomic E-state index is 0.0315. The molecule has 10 nitrogen and oxygen atoms in total. The van der Waals surface area contributed by atoms with E-state index < -0.39 is 23.4 Å². The second-order valence-electron chi connectivity index (χ2n) is 11.5. The van der Waals surface area contributed by atoms with E-state index in [0.717, 1.165) is 5.56 Å². The van der Waals surface area contributed by atoms with Gasteiger partial charge in [0.15, 0.2) is 11.5 Å². The summed E-state index contributed by atoms with van der Waals surface area (Å²) in [6.07, 6.45) is 4.18. The van der Waals surface area contributed by atoms with Crippen LogP contribution in [-0.2, 0) is 11.2 Å². The molecule has 3 aromatic heterocycles. The molecular formula is C33H32F2N8O2. The Hall–Kier alpha value is -5.18. The first-order valence-electron chi connectivity index (χ1n) is 14.9. The molecule has 2 aliphatic heterocycles. The third-order valence-electron chi connectivity index (χ3n) is 8.36. The number of carbonyl (C=O) groups excluding carboxylic acids is 1. The highest BCUT2D eigenvalue weighted by atomic mass is 19.1. The molecule has 0 spiro atoms. The smallest absolute Gasteiger partial charge is 0.355 e. The van der Waals surface area contributed by atoms with Gasteiger partial charge in [0.2, 0.25) is 5.91 Å². The first-order valence-corrected chi connectivity index (χ1v) is 14.9. The number of nitriles is 1. The van der Waals surface area contributed by atoms with Crippen molar-refractivity contribution < 1.29 is 13.6 Å². The number of hydrogen-bond donors (Lipinski definition) is 1. The van der Waals surface area contributed by atoms with Gasteiger partial charge in [-0.25, -0.2) is 23.1 Å². The molecule has 1 saturated heterocycles. The van der Waals surface area contributed by atoms with Crippen LogP contribution in [0.4, 0.5) is 20.3 Å². The quantitative estimate of drug-likeness (QED) is 0.330. The minimum Gasteiger partial charge on any atom is -0.384 e. The molecule has 12 heteroatoms. The molecule has 6 rings (SSSR count). The first kappa shape index (κ1) is 29.9. The van der Waals surface area contributed by atoms with Gasteiger partial charge < -0.3 is 15.1 Å². The van der Waals surface area contributed by atoms with Crippen molar-refractivity contribution in [2.45, 2.75) is 45.1 Å². The molecule has 0 saturated carbocycles. The number of fused-ring (bicyclic) bond motifs is 5. The van der Waals surface area contributed by atoms with Crippen LogP contribution in [-0.4, -0.2) is 62.5 Å². The lowest BCUT2D eigenvalue weighted by Gasteiger charge is -2.41. The van der Waals surface area contributed by atoms with E-state index in [9.17, 15) is 14.9 Å². The van der Waals surface area contributed by atoms with E-state index >= 15 is 8.78 Å². The van der Waals surface area contributed by atoms with E-state index in [1.807, 2.05) is 19.9 Å². The summed E-state index contributed by atoms with van der Waals surface area (Å²) in [7, 11) is 0. The fraction of sp³-hybridized carbons (Fsp3) is 0.333. The molecule has 45 heavy (non-hydrogen) atoms. The van der Waals surface area contributed by atoms with Gasteiger partial charge in [-0.15, -0.1) is 0 Å². The highest BCUT2D eigenvalue weighted by molar-refractivity contribution is 5.92. The Morgan fingerprint density at radius 3 is 2.80 bits per heavy atom. The van der Waals surface area contributed by atoms with E-state index in [4.69, 9.17) is 4.98 Å². The maximum atomic E-state index is 16.2. The summed E-state index contributed by atoms with van der Waals surface area (Å²) in [6, 6.07) is 9.19. The highest BCUT2D eigenvalue weighted by Crippen LogP contribution is 2.37. The van der Waals surface area contributed by atoms with Crippen LogP contribution in [0.1, 0.15) is 43.9 Å². The number of amides is 1. The molecule has 1 fully saturated rings. The number of nitrogens with zero attached hydrogens (tertiary/aromatic N) is 7. The maximum Gasteiger partial charge on any atom is 0.355 e. The van der Waals surface area contributed by atoms with Crippen LogP contribution in [0, 0.1) is 23.0 Å². The van der Waals surface area contributed by atoms with E-state index in [1.54, 1.807) is 28.1 Å². The predicted molar refractivity (Wildman–Crippen MR) is 167 cm³/mol. The molecular weight excluding hydrogens is 578 g/mol. The lowest BCUT2D eigenvalue weighted by atomic mass is 10.00. The van der Waals surface area contributed by atoms with Gasteiger partial charge in [-0.05, 0) is 54.7 Å². The van der Waals surface area contributed by atoms with E-state index in [2.05, 4.69) is 27.9 Å². The Bertz CT molecular complexity index is 1930. The molecule has 1 aromatic carbocycles. The van der Waals surface area contributed by atoms with E-state index in [0.29, 0.717) is 36.5 Å². The molecule has 230 valence electrons. The van der Waals surface area contributed by atoms with Crippen LogP contribution in [0.15, 0.2) is 54.0 Å². The van der Waals surface area contributed by atoms with Gasteiger partial charge >= 0.3 is 5.69 Å². The molecule has 0 unspecified atom stereocenters. The molecule has 1 amide bonds. The van der Waals surface area contributed by atoms with Crippen molar-refractivity contribution in [3.05, 3.63) is 82.6 Å². The van der Waals surface area contributed by atoms with Crippen LogP contribution in [0.25, 0.3) is 28.0 Å². The normalized spacial score (nSPS) is 16.3. The molecule has 2 aliphatic rings. The Kier molecular flexibility index (Phi) is 8.01. The third kappa shape index (κ3) is 5.28. The lowest BCUT2D eigenvalue weighted by Crippen LogP contribution is -2.55. The molecule has 1 atom stereocenters. The van der Waals surface area contributed by atoms with Crippen LogP contribution in [0.2, 0.25) is 0 Å². The van der Waals surface area contributed by atoms with Gasteiger partial charge in [-0.3, -0.25) is 9.78 Å².